The standard InChI is InChI=1S/C12H7NO3/c13-8-12-7-9(14)6-11(16-12)4-3-10-2-1-5-15-10/h1-7H/b4-3+. The van der Waals surface area contributed by atoms with Gasteiger partial charge < -0.3 is 8.83 Å². The van der Waals surface area contributed by atoms with Gasteiger partial charge in [-0.05, 0) is 24.3 Å². The molecule has 4 nitrogen and oxygen atoms in total. The lowest BCUT2D eigenvalue weighted by molar-refractivity contribution is 0.523. The molecule has 0 saturated carbocycles. The van der Waals surface area contributed by atoms with Gasteiger partial charge >= 0.3 is 0 Å². The molecule has 0 amide bonds. The van der Waals surface area contributed by atoms with Crippen molar-refractivity contribution >= 4 is 12.2 Å². The summed E-state index contributed by atoms with van der Waals surface area (Å²) in [4.78, 5) is 11.2. The molecule has 0 bridgehead atoms. The van der Waals surface area contributed by atoms with Crippen molar-refractivity contribution in [1.29, 1.82) is 5.26 Å². The van der Waals surface area contributed by atoms with E-state index in [1.54, 1.807) is 36.6 Å². The second-order valence-corrected chi connectivity index (χ2v) is 3.02. The van der Waals surface area contributed by atoms with Crippen LogP contribution in [0.5, 0.6) is 0 Å². The molecule has 16 heavy (non-hydrogen) atoms. The Balaban J connectivity index is 2.32. The van der Waals surface area contributed by atoms with E-state index in [9.17, 15) is 4.79 Å². The van der Waals surface area contributed by atoms with Gasteiger partial charge in [-0.25, -0.2) is 0 Å². The van der Waals surface area contributed by atoms with Crippen LogP contribution in [0.25, 0.3) is 12.2 Å². The summed E-state index contributed by atoms with van der Waals surface area (Å²) in [5, 5.41) is 8.61. The molecule has 0 aliphatic carbocycles. The minimum absolute atomic E-state index is 0.00778. The smallest absolute Gasteiger partial charge is 0.207 e. The summed E-state index contributed by atoms with van der Waals surface area (Å²) in [5.41, 5.74) is -0.262. The van der Waals surface area contributed by atoms with Gasteiger partial charge in [0.1, 0.15) is 17.6 Å². The first-order valence-corrected chi connectivity index (χ1v) is 4.55. The van der Waals surface area contributed by atoms with E-state index in [1.807, 2.05) is 0 Å². The number of furan rings is 1. The first-order valence-electron chi connectivity index (χ1n) is 4.55. The van der Waals surface area contributed by atoms with Crippen LogP contribution in [0.3, 0.4) is 0 Å². The van der Waals surface area contributed by atoms with Crippen molar-refractivity contribution in [2.45, 2.75) is 0 Å². The van der Waals surface area contributed by atoms with E-state index in [0.29, 0.717) is 11.5 Å². The molecule has 2 heterocycles. The van der Waals surface area contributed by atoms with Gasteiger partial charge in [0, 0.05) is 12.1 Å². The first kappa shape index (κ1) is 9.99. The number of nitrogens with zero attached hydrogens (tertiary/aromatic N) is 1. The molecule has 2 rings (SSSR count). The fraction of sp³-hybridized carbons (Fsp3) is 0. The van der Waals surface area contributed by atoms with Crippen molar-refractivity contribution in [3.05, 3.63) is 58.0 Å². The number of nitriles is 1. The van der Waals surface area contributed by atoms with Crippen LogP contribution in [0, 0.1) is 11.3 Å². The average molecular weight is 213 g/mol. The summed E-state index contributed by atoms with van der Waals surface area (Å²) in [7, 11) is 0. The summed E-state index contributed by atoms with van der Waals surface area (Å²) < 4.78 is 10.2. The second kappa shape index (κ2) is 4.32. The Morgan fingerprint density at radius 1 is 1.25 bits per heavy atom. The summed E-state index contributed by atoms with van der Waals surface area (Å²) in [6.45, 7) is 0. The van der Waals surface area contributed by atoms with E-state index in [-0.39, 0.29) is 11.2 Å². The van der Waals surface area contributed by atoms with Gasteiger partial charge in [0.05, 0.1) is 6.26 Å². The third-order valence-corrected chi connectivity index (χ3v) is 1.85. The Morgan fingerprint density at radius 3 is 2.75 bits per heavy atom. The fourth-order valence-corrected chi connectivity index (χ4v) is 1.18. The van der Waals surface area contributed by atoms with E-state index in [2.05, 4.69) is 0 Å². The van der Waals surface area contributed by atoms with E-state index >= 15 is 0 Å². The van der Waals surface area contributed by atoms with Gasteiger partial charge in [-0.2, -0.15) is 5.26 Å². The Labute approximate surface area is 91.0 Å². The zero-order chi connectivity index (χ0) is 11.4. The second-order valence-electron chi connectivity index (χ2n) is 3.02. The van der Waals surface area contributed by atoms with Crippen LogP contribution < -0.4 is 5.43 Å². The third-order valence-electron chi connectivity index (χ3n) is 1.85. The largest absolute Gasteiger partial charge is 0.465 e. The van der Waals surface area contributed by atoms with E-state index < -0.39 is 0 Å². The molecule has 0 fully saturated rings. The topological polar surface area (TPSA) is 67.1 Å². The Morgan fingerprint density at radius 2 is 2.06 bits per heavy atom. The highest BCUT2D eigenvalue weighted by atomic mass is 16.3. The SMILES string of the molecule is N#Cc1cc(=O)cc(/C=C/c2ccco2)o1. The van der Waals surface area contributed by atoms with Crippen LogP contribution in [0.4, 0.5) is 0 Å². The Kier molecular flexibility index (Phi) is 2.70. The first-order chi connectivity index (χ1) is 7.78. The van der Waals surface area contributed by atoms with Gasteiger partial charge in [-0.15, -0.1) is 0 Å². The zero-order valence-electron chi connectivity index (χ0n) is 8.21. The predicted molar refractivity (Wildman–Crippen MR) is 57.3 cm³/mol. The minimum Gasteiger partial charge on any atom is -0.465 e. The highest BCUT2D eigenvalue weighted by Crippen LogP contribution is 2.08. The van der Waals surface area contributed by atoms with Crippen LogP contribution in [0.1, 0.15) is 17.3 Å². The molecular formula is C12H7NO3. The molecule has 0 radical (unpaired) electrons. The van der Waals surface area contributed by atoms with Crippen molar-refractivity contribution in [2.75, 3.05) is 0 Å². The minimum atomic E-state index is -0.262. The molecule has 0 saturated heterocycles. The number of hydrogen-bond acceptors (Lipinski definition) is 4. The summed E-state index contributed by atoms with van der Waals surface area (Å²) in [6.07, 6.45) is 4.77. The van der Waals surface area contributed by atoms with Crippen molar-refractivity contribution in [1.82, 2.24) is 0 Å². The molecule has 0 aliphatic rings. The monoisotopic (exact) mass is 213 g/mol. The normalized spacial score (nSPS) is 10.4. The fourth-order valence-electron chi connectivity index (χ4n) is 1.18. The van der Waals surface area contributed by atoms with E-state index in [4.69, 9.17) is 14.1 Å². The molecule has 78 valence electrons. The van der Waals surface area contributed by atoms with Crippen molar-refractivity contribution in [3.63, 3.8) is 0 Å². The van der Waals surface area contributed by atoms with Gasteiger partial charge in [-0.1, -0.05) is 0 Å². The Hall–Kier alpha value is -2.54. The molecule has 0 N–H and O–H groups in total. The quantitative estimate of drug-likeness (QED) is 0.767. The lowest BCUT2D eigenvalue weighted by Crippen LogP contribution is -1.98. The summed E-state index contributed by atoms with van der Waals surface area (Å²) in [5.74, 6) is 0.956. The van der Waals surface area contributed by atoms with E-state index in [0.717, 1.165) is 6.07 Å². The molecule has 0 aromatic carbocycles. The van der Waals surface area contributed by atoms with Crippen molar-refractivity contribution in [2.24, 2.45) is 0 Å². The molecule has 0 spiro atoms. The molecule has 0 atom stereocenters. The van der Waals surface area contributed by atoms with Crippen molar-refractivity contribution < 1.29 is 8.83 Å². The van der Waals surface area contributed by atoms with Crippen LogP contribution in [0.2, 0.25) is 0 Å². The molecule has 0 unspecified atom stereocenters. The maximum absolute atomic E-state index is 11.2. The molecule has 2 aromatic rings. The third kappa shape index (κ3) is 2.28. The zero-order valence-corrected chi connectivity index (χ0v) is 8.21. The highest BCUT2D eigenvalue weighted by Gasteiger charge is 1.98. The van der Waals surface area contributed by atoms with E-state index in [1.165, 1.54) is 6.07 Å². The molecule has 2 aromatic heterocycles. The lowest BCUT2D eigenvalue weighted by Gasteiger charge is -1.92. The maximum Gasteiger partial charge on any atom is 0.207 e. The summed E-state index contributed by atoms with van der Waals surface area (Å²) in [6, 6.07) is 7.74. The van der Waals surface area contributed by atoms with Crippen LogP contribution in [0.15, 0.2) is 44.2 Å². The highest BCUT2D eigenvalue weighted by molar-refractivity contribution is 5.64. The average Bonchev–Trinajstić information content (AvgIpc) is 2.78. The number of hydrogen-bond donors (Lipinski definition) is 0. The lowest BCUT2D eigenvalue weighted by atomic mass is 10.3. The van der Waals surface area contributed by atoms with Crippen LogP contribution >= 0.6 is 0 Å². The predicted octanol–water partition coefficient (Wildman–Crippen LogP) is 2.27. The Bertz CT molecular complexity index is 600. The van der Waals surface area contributed by atoms with Crippen LogP contribution in [-0.2, 0) is 0 Å². The van der Waals surface area contributed by atoms with Gasteiger partial charge in [0.15, 0.2) is 5.43 Å². The van der Waals surface area contributed by atoms with Gasteiger partial charge in [0.2, 0.25) is 5.76 Å². The molecular weight excluding hydrogens is 206 g/mol. The van der Waals surface area contributed by atoms with Gasteiger partial charge in [-0.3, -0.25) is 4.79 Å². The molecule has 4 heteroatoms. The summed E-state index contributed by atoms with van der Waals surface area (Å²) >= 11 is 0. The van der Waals surface area contributed by atoms with Crippen LogP contribution in [-0.4, -0.2) is 0 Å². The molecule has 0 aliphatic heterocycles. The van der Waals surface area contributed by atoms with Gasteiger partial charge in [0.25, 0.3) is 0 Å². The van der Waals surface area contributed by atoms with Crippen molar-refractivity contribution in [3.8, 4) is 6.07 Å². The maximum atomic E-state index is 11.2. The number of rotatable bonds is 2.